The average molecular weight is 402 g/mol. The predicted molar refractivity (Wildman–Crippen MR) is 110 cm³/mol. The highest BCUT2D eigenvalue weighted by molar-refractivity contribution is 6.04. The molecule has 2 aromatic carbocycles. The number of halogens is 2. The summed E-state index contributed by atoms with van der Waals surface area (Å²) < 4.78 is 27.5. The second-order valence-corrected chi connectivity index (χ2v) is 6.61. The molecule has 0 spiro atoms. The molecular weight excluding hydrogens is 386 g/mol. The number of aryl methyl sites for hydroxylation is 1. The predicted octanol–water partition coefficient (Wildman–Crippen LogP) is 5.04. The molecule has 0 fully saturated rings. The quantitative estimate of drug-likeness (QED) is 0.519. The van der Waals surface area contributed by atoms with Crippen molar-refractivity contribution in [3.63, 3.8) is 0 Å². The summed E-state index contributed by atoms with van der Waals surface area (Å²) in [5.74, 6) is -2.73. The Balaban J connectivity index is 1.59. The molecule has 7 heteroatoms. The first-order valence-electron chi connectivity index (χ1n) is 9.12. The molecule has 0 bridgehead atoms. The van der Waals surface area contributed by atoms with Crippen molar-refractivity contribution >= 4 is 11.7 Å². The molecule has 148 valence electrons. The maximum atomic E-state index is 13.8. The maximum Gasteiger partial charge on any atom is 0.262 e. The number of anilines is 1. The van der Waals surface area contributed by atoms with Crippen LogP contribution in [0, 0.1) is 18.6 Å². The number of carbonyl (C=O) groups excluding carboxylic acids is 1. The van der Waals surface area contributed by atoms with Crippen molar-refractivity contribution in [2.24, 2.45) is 0 Å². The third-order valence-electron chi connectivity index (χ3n) is 4.59. The molecule has 0 saturated carbocycles. The summed E-state index contributed by atoms with van der Waals surface area (Å²) in [5.41, 5.74) is 3.78. The number of rotatable bonds is 4. The Hall–Kier alpha value is -4.00. The van der Waals surface area contributed by atoms with E-state index in [0.717, 1.165) is 34.4 Å². The van der Waals surface area contributed by atoms with Gasteiger partial charge in [-0.15, -0.1) is 0 Å². The third-order valence-corrected chi connectivity index (χ3v) is 4.59. The van der Waals surface area contributed by atoms with Gasteiger partial charge in [-0.3, -0.25) is 14.8 Å². The lowest BCUT2D eigenvalue weighted by Gasteiger charge is -2.10. The Morgan fingerprint density at radius 3 is 2.37 bits per heavy atom. The van der Waals surface area contributed by atoms with E-state index in [0.29, 0.717) is 5.69 Å². The van der Waals surface area contributed by atoms with E-state index in [-0.39, 0.29) is 5.82 Å². The number of benzene rings is 2. The highest BCUT2D eigenvalue weighted by atomic mass is 19.1. The largest absolute Gasteiger partial charge is 0.305 e. The van der Waals surface area contributed by atoms with E-state index in [2.05, 4.69) is 20.3 Å². The first kappa shape index (κ1) is 19.3. The topological polar surface area (TPSA) is 67.8 Å². The highest BCUT2D eigenvalue weighted by Crippen LogP contribution is 2.28. The van der Waals surface area contributed by atoms with Gasteiger partial charge in [-0.2, -0.15) is 0 Å². The average Bonchev–Trinajstić information content (AvgIpc) is 2.75. The van der Waals surface area contributed by atoms with Crippen LogP contribution in [0.2, 0.25) is 0 Å². The number of hydrogen-bond donors (Lipinski definition) is 1. The summed E-state index contributed by atoms with van der Waals surface area (Å²) in [7, 11) is 0. The molecule has 0 saturated heterocycles. The lowest BCUT2D eigenvalue weighted by atomic mass is 9.99. The van der Waals surface area contributed by atoms with Crippen LogP contribution >= 0.6 is 0 Å². The lowest BCUT2D eigenvalue weighted by molar-refractivity contribution is 0.101. The Labute approximate surface area is 171 Å². The molecule has 0 aliphatic rings. The van der Waals surface area contributed by atoms with Crippen LogP contribution in [0.4, 0.5) is 14.6 Å². The van der Waals surface area contributed by atoms with Gasteiger partial charge in [-0.05, 0) is 42.3 Å². The van der Waals surface area contributed by atoms with Gasteiger partial charge in [0.15, 0.2) is 5.82 Å². The molecule has 0 aliphatic heterocycles. The molecule has 0 aliphatic carbocycles. The van der Waals surface area contributed by atoms with E-state index < -0.39 is 23.1 Å². The number of aromatic nitrogens is 3. The summed E-state index contributed by atoms with van der Waals surface area (Å²) in [6.07, 6.45) is 6.34. The molecule has 4 aromatic rings. The van der Waals surface area contributed by atoms with Crippen molar-refractivity contribution in [1.82, 2.24) is 15.0 Å². The van der Waals surface area contributed by atoms with E-state index in [4.69, 9.17) is 0 Å². The van der Waals surface area contributed by atoms with Crippen LogP contribution in [0.1, 0.15) is 15.9 Å². The van der Waals surface area contributed by atoms with Crippen LogP contribution in [0.25, 0.3) is 22.4 Å². The first-order valence-corrected chi connectivity index (χ1v) is 9.12. The fourth-order valence-electron chi connectivity index (χ4n) is 3.04. The van der Waals surface area contributed by atoms with Crippen molar-refractivity contribution in [3.8, 4) is 22.4 Å². The molecule has 0 unspecified atom stereocenters. The van der Waals surface area contributed by atoms with Gasteiger partial charge in [0.2, 0.25) is 0 Å². The van der Waals surface area contributed by atoms with Crippen LogP contribution in [0.5, 0.6) is 0 Å². The third kappa shape index (κ3) is 3.91. The summed E-state index contributed by atoms with van der Waals surface area (Å²) in [6, 6.07) is 13.0. The molecule has 0 radical (unpaired) electrons. The van der Waals surface area contributed by atoms with E-state index in [1.54, 1.807) is 12.4 Å². The van der Waals surface area contributed by atoms with Gasteiger partial charge in [0.1, 0.15) is 17.2 Å². The van der Waals surface area contributed by atoms with E-state index in [1.807, 2.05) is 37.3 Å². The fourth-order valence-corrected chi connectivity index (χ4v) is 3.04. The number of nitrogens with zero attached hydrogens (tertiary/aromatic N) is 3. The number of pyridine rings is 1. The Morgan fingerprint density at radius 1 is 0.900 bits per heavy atom. The summed E-state index contributed by atoms with van der Waals surface area (Å²) in [4.78, 5) is 24.9. The molecule has 2 aromatic heterocycles. The maximum absolute atomic E-state index is 13.8. The van der Waals surface area contributed by atoms with Crippen molar-refractivity contribution < 1.29 is 13.6 Å². The Morgan fingerprint density at radius 2 is 1.70 bits per heavy atom. The SMILES string of the molecule is Cc1ccc(-c2cccnc2)cc1-c1cnc(NC(=O)c2c(F)cccc2F)cn1. The number of hydrogen-bond acceptors (Lipinski definition) is 4. The van der Waals surface area contributed by atoms with Crippen LogP contribution in [-0.4, -0.2) is 20.9 Å². The van der Waals surface area contributed by atoms with E-state index >= 15 is 0 Å². The van der Waals surface area contributed by atoms with Gasteiger partial charge >= 0.3 is 0 Å². The standard InChI is InChI=1S/C23H16F2N4O/c1-14-7-8-15(16-4-3-9-26-11-16)10-17(14)20-12-28-21(13-27-20)29-23(30)22-18(24)5-2-6-19(22)25/h2-13H,1H3,(H,28,29,30). The van der Waals surface area contributed by atoms with Gasteiger partial charge < -0.3 is 5.32 Å². The fraction of sp³-hybridized carbons (Fsp3) is 0.0435. The zero-order chi connectivity index (χ0) is 21.1. The highest BCUT2D eigenvalue weighted by Gasteiger charge is 2.17. The molecule has 1 amide bonds. The van der Waals surface area contributed by atoms with Crippen molar-refractivity contribution in [1.29, 1.82) is 0 Å². The second kappa shape index (κ2) is 8.16. The van der Waals surface area contributed by atoms with Crippen LogP contribution < -0.4 is 5.32 Å². The van der Waals surface area contributed by atoms with Gasteiger partial charge in [-0.25, -0.2) is 13.8 Å². The number of nitrogens with one attached hydrogen (secondary N) is 1. The number of amides is 1. The van der Waals surface area contributed by atoms with Gasteiger partial charge in [0.05, 0.1) is 18.1 Å². The normalized spacial score (nSPS) is 10.6. The molecule has 0 atom stereocenters. The molecule has 2 heterocycles. The Kier molecular flexibility index (Phi) is 5.26. The summed E-state index contributed by atoms with van der Waals surface area (Å²) in [5, 5.41) is 2.37. The second-order valence-electron chi connectivity index (χ2n) is 6.61. The summed E-state index contributed by atoms with van der Waals surface area (Å²) in [6.45, 7) is 1.96. The Bertz CT molecular complexity index is 1190. The van der Waals surface area contributed by atoms with E-state index in [1.165, 1.54) is 18.5 Å². The molecule has 1 N–H and O–H groups in total. The smallest absolute Gasteiger partial charge is 0.262 e. The van der Waals surface area contributed by atoms with Gasteiger partial charge in [0.25, 0.3) is 5.91 Å². The van der Waals surface area contributed by atoms with Crippen LogP contribution in [0.3, 0.4) is 0 Å². The van der Waals surface area contributed by atoms with E-state index in [9.17, 15) is 13.6 Å². The molecular formula is C23H16F2N4O. The number of carbonyl (C=O) groups is 1. The monoisotopic (exact) mass is 402 g/mol. The van der Waals surface area contributed by atoms with Crippen molar-refractivity contribution in [3.05, 3.63) is 96.1 Å². The molecule has 5 nitrogen and oxygen atoms in total. The zero-order valence-corrected chi connectivity index (χ0v) is 15.9. The first-order chi connectivity index (χ1) is 14.5. The molecule has 30 heavy (non-hydrogen) atoms. The van der Waals surface area contributed by atoms with Crippen LogP contribution in [-0.2, 0) is 0 Å². The zero-order valence-electron chi connectivity index (χ0n) is 15.9. The lowest BCUT2D eigenvalue weighted by Crippen LogP contribution is -2.16. The van der Waals surface area contributed by atoms with Gasteiger partial charge in [0, 0.05) is 23.5 Å². The van der Waals surface area contributed by atoms with Crippen molar-refractivity contribution in [2.45, 2.75) is 6.92 Å². The molecule has 4 rings (SSSR count). The summed E-state index contributed by atoms with van der Waals surface area (Å²) >= 11 is 0. The van der Waals surface area contributed by atoms with Crippen molar-refractivity contribution in [2.75, 3.05) is 5.32 Å². The van der Waals surface area contributed by atoms with Gasteiger partial charge in [-0.1, -0.05) is 24.3 Å². The minimum absolute atomic E-state index is 0.0903. The minimum atomic E-state index is -0.945. The van der Waals surface area contributed by atoms with Crippen LogP contribution in [0.15, 0.2) is 73.3 Å². The minimum Gasteiger partial charge on any atom is -0.305 e.